The highest BCUT2D eigenvalue weighted by Crippen LogP contribution is 2.43. The van der Waals surface area contributed by atoms with Gasteiger partial charge in [-0.15, -0.1) is 0 Å². The Kier molecular flexibility index (Phi) is 5.79. The third-order valence-electron chi connectivity index (χ3n) is 5.98. The van der Waals surface area contributed by atoms with Gasteiger partial charge >= 0.3 is 0 Å². The van der Waals surface area contributed by atoms with Crippen molar-refractivity contribution in [1.82, 2.24) is 0 Å². The van der Waals surface area contributed by atoms with Crippen LogP contribution in [-0.2, 0) is 4.57 Å². The monoisotopic (exact) mass is 462 g/mol. The first-order valence-corrected chi connectivity index (χ1v) is 12.7. The molecule has 0 unspecified atom stereocenters. The van der Waals surface area contributed by atoms with E-state index in [1.165, 1.54) is 0 Å². The van der Waals surface area contributed by atoms with E-state index in [0.717, 1.165) is 38.2 Å². The summed E-state index contributed by atoms with van der Waals surface area (Å²) in [6.45, 7) is 0. The minimum Gasteiger partial charge on any atom is -0.508 e. The van der Waals surface area contributed by atoms with Crippen LogP contribution in [0.15, 0.2) is 127 Å². The van der Waals surface area contributed by atoms with Crippen LogP contribution in [0, 0.1) is 0 Å². The Hall–Kier alpha value is -4.07. The fourth-order valence-corrected chi connectivity index (χ4v) is 6.74. The smallest absolute Gasteiger partial charge is 0.171 e. The van der Waals surface area contributed by atoms with Crippen LogP contribution in [-0.4, -0.2) is 10.2 Å². The van der Waals surface area contributed by atoms with E-state index in [1.54, 1.807) is 24.3 Å². The van der Waals surface area contributed by atoms with Gasteiger partial charge in [0.15, 0.2) is 7.14 Å². The molecule has 0 aliphatic heterocycles. The van der Waals surface area contributed by atoms with Gasteiger partial charge in [-0.05, 0) is 46.5 Å². The Morgan fingerprint density at radius 1 is 0.382 bits per heavy atom. The summed E-state index contributed by atoms with van der Waals surface area (Å²) in [4.78, 5) is 0. The van der Waals surface area contributed by atoms with Gasteiger partial charge in [-0.2, -0.15) is 0 Å². The van der Waals surface area contributed by atoms with Gasteiger partial charge in [0.2, 0.25) is 0 Å². The second-order valence-electron chi connectivity index (χ2n) is 8.13. The first-order chi connectivity index (χ1) is 16.5. The third kappa shape index (κ3) is 4.14. The molecule has 0 radical (unpaired) electrons. The van der Waals surface area contributed by atoms with Gasteiger partial charge in [-0.25, -0.2) is 0 Å². The molecule has 5 aromatic carbocycles. The highest BCUT2D eigenvalue weighted by molar-refractivity contribution is 7.85. The molecule has 166 valence electrons. The van der Waals surface area contributed by atoms with Crippen LogP contribution in [0.1, 0.15) is 0 Å². The largest absolute Gasteiger partial charge is 0.508 e. The summed E-state index contributed by atoms with van der Waals surface area (Å²) in [6, 6.07) is 39.3. The summed E-state index contributed by atoms with van der Waals surface area (Å²) in [5.41, 5.74) is 3.95. The lowest BCUT2D eigenvalue weighted by molar-refractivity contribution is 0.475. The minimum absolute atomic E-state index is 0.227. The van der Waals surface area contributed by atoms with Crippen molar-refractivity contribution in [1.29, 1.82) is 0 Å². The van der Waals surface area contributed by atoms with Gasteiger partial charge in [0.1, 0.15) is 11.5 Å². The number of phenolic OH excluding ortho intramolecular Hbond substituents is 2. The summed E-state index contributed by atoms with van der Waals surface area (Å²) < 4.78 is 14.7. The van der Waals surface area contributed by atoms with Crippen molar-refractivity contribution in [2.75, 3.05) is 0 Å². The molecule has 0 fully saturated rings. The lowest BCUT2D eigenvalue weighted by atomic mass is 10.1. The van der Waals surface area contributed by atoms with E-state index >= 15 is 0 Å². The number of benzene rings is 5. The molecular formula is C30H23O3P. The zero-order valence-electron chi connectivity index (χ0n) is 18.4. The third-order valence-corrected chi connectivity index (χ3v) is 9.06. The molecule has 0 aliphatic rings. The van der Waals surface area contributed by atoms with E-state index < -0.39 is 7.14 Å². The molecule has 0 bridgehead atoms. The summed E-state index contributed by atoms with van der Waals surface area (Å²) in [5.74, 6) is 0.453. The van der Waals surface area contributed by atoms with Gasteiger partial charge < -0.3 is 14.8 Å². The van der Waals surface area contributed by atoms with E-state index in [-0.39, 0.29) is 11.5 Å². The second kappa shape index (κ2) is 9.05. The molecule has 34 heavy (non-hydrogen) atoms. The van der Waals surface area contributed by atoms with Crippen molar-refractivity contribution < 1.29 is 14.8 Å². The molecular weight excluding hydrogens is 439 g/mol. The Bertz CT molecular complexity index is 1350. The molecule has 3 nitrogen and oxygen atoms in total. The topological polar surface area (TPSA) is 57.5 Å². The minimum atomic E-state index is -3.09. The summed E-state index contributed by atoms with van der Waals surface area (Å²) in [6.07, 6.45) is 0. The SMILES string of the molecule is O=P(c1ccccc1)(c1ccc(-c2ccc(O)cc2)cc1)c1ccc(-c2ccc(O)cc2)cc1. The van der Waals surface area contributed by atoms with Crippen LogP contribution < -0.4 is 15.9 Å². The molecule has 0 atom stereocenters. The van der Waals surface area contributed by atoms with Gasteiger partial charge in [0.05, 0.1) is 0 Å². The highest BCUT2D eigenvalue weighted by atomic mass is 31.2. The Morgan fingerprint density at radius 3 is 1.03 bits per heavy atom. The number of hydrogen-bond acceptors (Lipinski definition) is 3. The van der Waals surface area contributed by atoms with Gasteiger partial charge in [-0.1, -0.05) is 103 Å². The first-order valence-electron chi connectivity index (χ1n) is 11.0. The van der Waals surface area contributed by atoms with E-state index in [9.17, 15) is 14.8 Å². The maximum absolute atomic E-state index is 14.7. The number of phenols is 2. The molecule has 2 N–H and O–H groups in total. The van der Waals surface area contributed by atoms with Crippen molar-refractivity contribution >= 4 is 23.1 Å². The average molecular weight is 462 g/mol. The number of aromatic hydroxyl groups is 2. The van der Waals surface area contributed by atoms with E-state index in [0.29, 0.717) is 0 Å². The highest BCUT2D eigenvalue weighted by Gasteiger charge is 2.29. The quantitative estimate of drug-likeness (QED) is 0.312. The predicted molar refractivity (Wildman–Crippen MR) is 140 cm³/mol. The first kappa shape index (κ1) is 21.8. The molecule has 0 heterocycles. The molecule has 0 saturated heterocycles. The normalized spacial score (nSPS) is 11.3. The maximum Gasteiger partial charge on any atom is 0.171 e. The summed E-state index contributed by atoms with van der Waals surface area (Å²) >= 11 is 0. The van der Waals surface area contributed by atoms with Crippen LogP contribution in [0.3, 0.4) is 0 Å². The van der Waals surface area contributed by atoms with Crippen LogP contribution in [0.4, 0.5) is 0 Å². The fourth-order valence-electron chi connectivity index (χ4n) is 4.12. The second-order valence-corrected chi connectivity index (χ2v) is 10.9. The van der Waals surface area contributed by atoms with Crippen molar-refractivity contribution in [3.8, 4) is 33.8 Å². The van der Waals surface area contributed by atoms with E-state index in [1.807, 2.05) is 103 Å². The van der Waals surface area contributed by atoms with Crippen LogP contribution in [0.25, 0.3) is 22.3 Å². The van der Waals surface area contributed by atoms with Crippen molar-refractivity contribution in [2.24, 2.45) is 0 Å². The molecule has 4 heteroatoms. The summed E-state index contributed by atoms with van der Waals surface area (Å²) in [5, 5.41) is 21.4. The van der Waals surface area contributed by atoms with Crippen LogP contribution in [0.2, 0.25) is 0 Å². The molecule has 0 aliphatic carbocycles. The predicted octanol–water partition coefficient (Wildman–Crippen LogP) is 6.07. The van der Waals surface area contributed by atoms with Gasteiger partial charge in [0, 0.05) is 15.9 Å². The van der Waals surface area contributed by atoms with Crippen molar-refractivity contribution in [2.45, 2.75) is 0 Å². The molecule has 0 amide bonds. The van der Waals surface area contributed by atoms with Gasteiger partial charge in [0.25, 0.3) is 0 Å². The van der Waals surface area contributed by atoms with E-state index in [4.69, 9.17) is 0 Å². The lowest BCUT2D eigenvalue weighted by Gasteiger charge is -2.20. The zero-order valence-corrected chi connectivity index (χ0v) is 19.3. The van der Waals surface area contributed by atoms with Crippen LogP contribution in [0.5, 0.6) is 11.5 Å². The fraction of sp³-hybridized carbons (Fsp3) is 0. The number of rotatable bonds is 5. The molecule has 0 aromatic heterocycles. The maximum atomic E-state index is 14.7. The van der Waals surface area contributed by atoms with E-state index in [2.05, 4.69) is 0 Å². The standard InChI is InChI=1S/C30H23O3P/c31-26-14-6-22(7-15-26)24-10-18-29(19-11-24)34(33,28-4-2-1-3-5-28)30-20-12-25(13-21-30)23-8-16-27(32)17-9-23/h1-21,31-32H. The molecule has 5 aromatic rings. The molecule has 5 rings (SSSR count). The zero-order chi connectivity index (χ0) is 23.5. The van der Waals surface area contributed by atoms with Crippen LogP contribution >= 0.6 is 7.14 Å². The Labute approximate surface area is 199 Å². The van der Waals surface area contributed by atoms with Gasteiger partial charge in [-0.3, -0.25) is 0 Å². The average Bonchev–Trinajstić information content (AvgIpc) is 2.90. The van der Waals surface area contributed by atoms with Crippen molar-refractivity contribution in [3.05, 3.63) is 127 Å². The Balaban J connectivity index is 1.56. The van der Waals surface area contributed by atoms with Crippen molar-refractivity contribution in [3.63, 3.8) is 0 Å². The number of hydrogen-bond donors (Lipinski definition) is 2. The lowest BCUT2D eigenvalue weighted by Crippen LogP contribution is -2.24. The molecule has 0 saturated carbocycles. The molecule has 0 spiro atoms. The summed E-state index contributed by atoms with van der Waals surface area (Å²) in [7, 11) is -3.09. The Morgan fingerprint density at radius 2 is 0.676 bits per heavy atom.